The van der Waals surface area contributed by atoms with Gasteiger partial charge >= 0.3 is 0 Å². The van der Waals surface area contributed by atoms with Gasteiger partial charge in [-0.25, -0.2) is 0 Å². The van der Waals surface area contributed by atoms with Crippen LogP contribution in [0.25, 0.3) is 32.3 Å². The van der Waals surface area contributed by atoms with Gasteiger partial charge < -0.3 is 9.80 Å². The van der Waals surface area contributed by atoms with Crippen molar-refractivity contribution in [1.29, 1.82) is 0 Å². The highest BCUT2D eigenvalue weighted by Gasteiger charge is 2.26. The van der Waals surface area contributed by atoms with Crippen LogP contribution >= 0.6 is 0 Å². The molecule has 0 aromatic heterocycles. The maximum absolute atomic E-state index is 2.57. The number of hydrogen-bond acceptors (Lipinski definition) is 2. The number of fused-ring (bicyclic) bond motifs is 5. The standard InChI is InChI=1S/C53H52N2/c1-31-20-21-48(35(5)22-31)54(51-36(6)23-32(2)24-37(51)7)49-29-46-43-17-13-15-19-45(43)50(30-47(46)42-16-12-14-18-44(42)49)55(52-38(8)25-33(3)26-39(52)9)53-40(10)27-34(4)28-41(53)11/h12-30H,1-11H3. The van der Waals surface area contributed by atoms with Crippen LogP contribution in [-0.4, -0.2) is 0 Å². The second-order valence-corrected chi connectivity index (χ2v) is 16.2. The molecule has 0 saturated heterocycles. The fraction of sp³-hybridized carbons (Fsp3) is 0.208. The van der Waals surface area contributed by atoms with E-state index in [1.807, 2.05) is 0 Å². The van der Waals surface area contributed by atoms with Crippen molar-refractivity contribution in [2.24, 2.45) is 0 Å². The Hall–Kier alpha value is -5.86. The van der Waals surface area contributed by atoms with Gasteiger partial charge in [-0.3, -0.25) is 0 Å². The lowest BCUT2D eigenvalue weighted by atomic mass is 9.91. The molecule has 8 aromatic rings. The lowest BCUT2D eigenvalue weighted by Gasteiger charge is -2.34. The molecule has 8 rings (SSSR count). The first-order valence-corrected chi connectivity index (χ1v) is 19.6. The third kappa shape index (κ3) is 6.15. The van der Waals surface area contributed by atoms with Crippen LogP contribution in [0.3, 0.4) is 0 Å². The molecule has 8 aromatic carbocycles. The molecule has 0 unspecified atom stereocenters. The van der Waals surface area contributed by atoms with Crippen LogP contribution in [0.1, 0.15) is 61.2 Å². The van der Waals surface area contributed by atoms with Crippen molar-refractivity contribution < 1.29 is 0 Å². The predicted octanol–water partition coefficient (Wildman–Crippen LogP) is 15.5. The molecular weight excluding hydrogens is 665 g/mol. The van der Waals surface area contributed by atoms with E-state index in [1.165, 1.54) is 128 Å². The summed E-state index contributed by atoms with van der Waals surface area (Å²) in [5, 5.41) is 7.45. The van der Waals surface area contributed by atoms with E-state index in [0.29, 0.717) is 0 Å². The van der Waals surface area contributed by atoms with Crippen LogP contribution in [0.2, 0.25) is 0 Å². The van der Waals surface area contributed by atoms with E-state index in [-0.39, 0.29) is 0 Å². The van der Waals surface area contributed by atoms with Crippen molar-refractivity contribution in [2.45, 2.75) is 76.2 Å². The molecule has 274 valence electrons. The molecule has 0 saturated carbocycles. The van der Waals surface area contributed by atoms with Gasteiger partial charge in [0.15, 0.2) is 0 Å². The van der Waals surface area contributed by atoms with Crippen LogP contribution in [0.5, 0.6) is 0 Å². The van der Waals surface area contributed by atoms with Gasteiger partial charge in [0.1, 0.15) is 0 Å². The van der Waals surface area contributed by atoms with Gasteiger partial charge in [-0.2, -0.15) is 0 Å². The van der Waals surface area contributed by atoms with Gasteiger partial charge in [0.2, 0.25) is 0 Å². The van der Waals surface area contributed by atoms with Crippen LogP contribution in [0.4, 0.5) is 34.1 Å². The fourth-order valence-electron chi connectivity index (χ4n) is 9.64. The van der Waals surface area contributed by atoms with Gasteiger partial charge in [-0.05, 0) is 155 Å². The van der Waals surface area contributed by atoms with Gasteiger partial charge in [-0.15, -0.1) is 0 Å². The predicted molar refractivity (Wildman–Crippen MR) is 240 cm³/mol. The summed E-state index contributed by atoms with van der Waals surface area (Å²) in [6.07, 6.45) is 0. The Morgan fingerprint density at radius 1 is 0.255 bits per heavy atom. The molecule has 2 heteroatoms. The maximum atomic E-state index is 2.57. The monoisotopic (exact) mass is 716 g/mol. The highest BCUT2D eigenvalue weighted by molar-refractivity contribution is 6.24. The molecule has 0 heterocycles. The van der Waals surface area contributed by atoms with E-state index in [1.54, 1.807) is 0 Å². The van der Waals surface area contributed by atoms with Crippen molar-refractivity contribution in [3.8, 4) is 0 Å². The van der Waals surface area contributed by atoms with E-state index >= 15 is 0 Å². The van der Waals surface area contributed by atoms with Crippen LogP contribution in [0, 0.1) is 76.2 Å². The quantitative estimate of drug-likeness (QED) is 0.158. The van der Waals surface area contributed by atoms with Gasteiger partial charge in [0.25, 0.3) is 0 Å². The third-order valence-corrected chi connectivity index (χ3v) is 11.5. The van der Waals surface area contributed by atoms with Crippen molar-refractivity contribution in [3.63, 3.8) is 0 Å². The molecule has 0 atom stereocenters. The molecule has 55 heavy (non-hydrogen) atoms. The van der Waals surface area contributed by atoms with Gasteiger partial charge in [-0.1, -0.05) is 119 Å². The Kier molecular flexibility index (Phi) is 9.05. The number of rotatable bonds is 6. The fourth-order valence-corrected chi connectivity index (χ4v) is 9.64. The van der Waals surface area contributed by atoms with Crippen LogP contribution in [0.15, 0.2) is 115 Å². The first-order valence-electron chi connectivity index (χ1n) is 19.6. The number of aryl methyl sites for hydroxylation is 11. The molecular formula is C53H52N2. The number of hydrogen-bond donors (Lipinski definition) is 0. The minimum absolute atomic E-state index is 1.19. The summed E-state index contributed by atoms with van der Waals surface area (Å²) in [6, 6.07) is 43.8. The normalized spacial score (nSPS) is 11.5. The zero-order valence-electron chi connectivity index (χ0n) is 34.4. The van der Waals surface area contributed by atoms with Crippen molar-refractivity contribution in [1.82, 2.24) is 0 Å². The molecule has 0 N–H and O–H groups in total. The summed E-state index contributed by atoms with van der Waals surface area (Å²) in [4.78, 5) is 5.10. The molecule has 0 aliphatic heterocycles. The lowest BCUT2D eigenvalue weighted by molar-refractivity contribution is 1.17. The SMILES string of the molecule is Cc1ccc(N(c2c(C)cc(C)cc2C)c2cc3c4ccccc4c(N(c4c(C)cc(C)cc4C)c4c(C)cc(C)cc4C)cc3c3ccccc23)c(C)c1. The van der Waals surface area contributed by atoms with Crippen LogP contribution < -0.4 is 9.80 Å². The van der Waals surface area contributed by atoms with Crippen molar-refractivity contribution in [2.75, 3.05) is 9.80 Å². The lowest BCUT2D eigenvalue weighted by Crippen LogP contribution is -2.17. The number of benzene rings is 8. The minimum atomic E-state index is 1.19. The summed E-state index contributed by atoms with van der Waals surface area (Å²) >= 11 is 0. The highest BCUT2D eigenvalue weighted by atomic mass is 15.2. The average Bonchev–Trinajstić information content (AvgIpc) is 3.11. The molecule has 0 aliphatic carbocycles. The molecule has 0 bridgehead atoms. The molecule has 0 fully saturated rings. The second kappa shape index (κ2) is 13.8. The highest BCUT2D eigenvalue weighted by Crippen LogP contribution is 2.50. The van der Waals surface area contributed by atoms with E-state index < -0.39 is 0 Å². The zero-order chi connectivity index (χ0) is 38.9. The van der Waals surface area contributed by atoms with Crippen LogP contribution in [-0.2, 0) is 0 Å². The van der Waals surface area contributed by atoms with Crippen molar-refractivity contribution in [3.05, 3.63) is 176 Å². The Labute approximate surface area is 327 Å². The van der Waals surface area contributed by atoms with Gasteiger partial charge in [0.05, 0.1) is 28.4 Å². The summed E-state index contributed by atoms with van der Waals surface area (Å²) in [7, 11) is 0. The zero-order valence-corrected chi connectivity index (χ0v) is 34.4. The van der Waals surface area contributed by atoms with Crippen molar-refractivity contribution >= 4 is 66.4 Å². The van der Waals surface area contributed by atoms with E-state index in [4.69, 9.17) is 0 Å². The Morgan fingerprint density at radius 3 is 0.964 bits per heavy atom. The average molecular weight is 717 g/mol. The smallest absolute Gasteiger partial charge is 0.0547 e. The van der Waals surface area contributed by atoms with E-state index in [0.717, 1.165) is 0 Å². The minimum Gasteiger partial charge on any atom is -0.309 e. The third-order valence-electron chi connectivity index (χ3n) is 11.5. The second-order valence-electron chi connectivity index (χ2n) is 16.2. The first kappa shape index (κ1) is 36.1. The topological polar surface area (TPSA) is 6.48 Å². The summed E-state index contributed by atoms with van der Waals surface area (Å²) in [5.41, 5.74) is 21.3. The summed E-state index contributed by atoms with van der Waals surface area (Å²) < 4.78 is 0. The Balaban J connectivity index is 1.53. The molecule has 0 amide bonds. The largest absolute Gasteiger partial charge is 0.309 e. The van der Waals surface area contributed by atoms with E-state index in [9.17, 15) is 0 Å². The summed E-state index contributed by atoms with van der Waals surface area (Å²) in [5.74, 6) is 0. The first-order chi connectivity index (χ1) is 26.3. The number of nitrogens with zero attached hydrogens (tertiary/aromatic N) is 2. The Bertz CT molecular complexity index is 2710. The number of anilines is 6. The molecule has 0 aliphatic rings. The van der Waals surface area contributed by atoms with E-state index in [2.05, 4.69) is 201 Å². The maximum Gasteiger partial charge on any atom is 0.0547 e. The molecule has 2 nitrogen and oxygen atoms in total. The summed E-state index contributed by atoms with van der Waals surface area (Å²) in [6.45, 7) is 24.6. The molecule has 0 spiro atoms. The Morgan fingerprint density at radius 2 is 0.582 bits per heavy atom. The van der Waals surface area contributed by atoms with Gasteiger partial charge in [0, 0.05) is 16.5 Å². The molecule has 0 radical (unpaired) electrons.